The summed E-state index contributed by atoms with van der Waals surface area (Å²) < 4.78 is 12.8. The fourth-order valence-corrected chi connectivity index (χ4v) is 5.49. The highest BCUT2D eigenvalue weighted by Gasteiger charge is 2.52. The average Bonchev–Trinajstić information content (AvgIpc) is 3.11. The maximum absolute atomic E-state index is 6.40. The Balaban J connectivity index is 1.58. The number of benzene rings is 4. The van der Waals surface area contributed by atoms with E-state index in [0.717, 1.165) is 5.46 Å². The van der Waals surface area contributed by atoms with E-state index in [-0.39, 0.29) is 23.7 Å². The molecule has 32 heavy (non-hydrogen) atoms. The van der Waals surface area contributed by atoms with Gasteiger partial charge in [0, 0.05) is 5.41 Å². The van der Waals surface area contributed by atoms with Gasteiger partial charge in [0.15, 0.2) is 0 Å². The lowest BCUT2D eigenvalue weighted by atomic mass is 9.75. The van der Waals surface area contributed by atoms with Crippen LogP contribution in [0.15, 0.2) is 66.7 Å². The van der Waals surface area contributed by atoms with E-state index < -0.39 is 0 Å². The lowest BCUT2D eigenvalue weighted by molar-refractivity contribution is 0.00578. The van der Waals surface area contributed by atoms with E-state index in [4.69, 9.17) is 9.31 Å². The van der Waals surface area contributed by atoms with Crippen LogP contribution in [0, 0.1) is 0 Å². The third-order valence-corrected chi connectivity index (χ3v) is 8.12. The molecule has 160 valence electrons. The summed E-state index contributed by atoms with van der Waals surface area (Å²) >= 11 is 0. The van der Waals surface area contributed by atoms with Gasteiger partial charge in [0.05, 0.1) is 11.2 Å². The van der Waals surface area contributed by atoms with E-state index in [1.54, 1.807) is 0 Å². The molecule has 6 rings (SSSR count). The molecule has 0 saturated carbocycles. The van der Waals surface area contributed by atoms with Crippen LogP contribution in [-0.2, 0) is 14.7 Å². The first-order chi connectivity index (χ1) is 15.1. The van der Waals surface area contributed by atoms with Gasteiger partial charge in [0.1, 0.15) is 0 Å². The molecule has 0 bridgehead atoms. The second kappa shape index (κ2) is 6.24. The smallest absolute Gasteiger partial charge is 0.399 e. The summed E-state index contributed by atoms with van der Waals surface area (Å²) in [5.74, 6) is 0. The third kappa shape index (κ3) is 2.55. The maximum atomic E-state index is 6.40. The van der Waals surface area contributed by atoms with Crippen molar-refractivity contribution in [1.82, 2.24) is 0 Å². The summed E-state index contributed by atoms with van der Waals surface area (Å²) in [4.78, 5) is 0. The fourth-order valence-electron chi connectivity index (χ4n) is 5.49. The molecule has 3 heteroatoms. The molecule has 1 aliphatic carbocycles. The normalized spacial score (nSPS) is 20.0. The van der Waals surface area contributed by atoms with Crippen molar-refractivity contribution in [3.63, 3.8) is 0 Å². The van der Waals surface area contributed by atoms with Crippen molar-refractivity contribution in [2.75, 3.05) is 0 Å². The maximum Gasteiger partial charge on any atom is 0.495 e. The predicted octanol–water partition coefficient (Wildman–Crippen LogP) is 6.60. The van der Waals surface area contributed by atoms with Gasteiger partial charge in [0.25, 0.3) is 0 Å². The van der Waals surface area contributed by atoms with E-state index in [1.807, 2.05) is 0 Å². The number of fused-ring (bicyclic) bond motifs is 6. The highest BCUT2D eigenvalue weighted by atomic mass is 16.7. The molecule has 1 fully saturated rings. The van der Waals surface area contributed by atoms with Crippen molar-refractivity contribution in [2.24, 2.45) is 0 Å². The minimum absolute atomic E-state index is 0.0135. The summed E-state index contributed by atoms with van der Waals surface area (Å²) in [6.45, 7) is 13.1. The van der Waals surface area contributed by atoms with Gasteiger partial charge in [-0.1, -0.05) is 68.4 Å². The van der Waals surface area contributed by atoms with Gasteiger partial charge in [-0.05, 0) is 89.1 Å². The summed E-state index contributed by atoms with van der Waals surface area (Å²) in [5, 5.41) is 5.01. The first kappa shape index (κ1) is 20.0. The summed E-state index contributed by atoms with van der Waals surface area (Å²) in [7, 11) is -0.366. The molecule has 0 N–H and O–H groups in total. The van der Waals surface area contributed by atoms with Crippen LogP contribution in [0.4, 0.5) is 0 Å². The molecule has 0 unspecified atom stereocenters. The van der Waals surface area contributed by atoms with Crippen molar-refractivity contribution in [3.05, 3.63) is 77.9 Å². The second-order valence-corrected chi connectivity index (χ2v) is 10.9. The van der Waals surface area contributed by atoms with Crippen molar-refractivity contribution in [3.8, 4) is 11.1 Å². The SMILES string of the molecule is CC1(C)c2ccccc2-c2cc3c(ccc4c(B5OC(C)(C)C(C)(C)O5)cccc43)cc21. The molecule has 4 aromatic rings. The fraction of sp³-hybridized carbons (Fsp3) is 0.310. The average molecular weight is 420 g/mol. The summed E-state index contributed by atoms with van der Waals surface area (Å²) in [6.07, 6.45) is 0. The monoisotopic (exact) mass is 420 g/mol. The van der Waals surface area contributed by atoms with Crippen LogP contribution in [0.5, 0.6) is 0 Å². The molecule has 1 saturated heterocycles. The largest absolute Gasteiger partial charge is 0.495 e. The van der Waals surface area contributed by atoms with Gasteiger partial charge in [-0.15, -0.1) is 0 Å². The zero-order valence-electron chi connectivity index (χ0n) is 19.7. The zero-order chi connectivity index (χ0) is 22.5. The third-order valence-electron chi connectivity index (χ3n) is 8.12. The van der Waals surface area contributed by atoms with E-state index in [2.05, 4.69) is 108 Å². The van der Waals surface area contributed by atoms with Crippen molar-refractivity contribution >= 4 is 34.1 Å². The molecular weight excluding hydrogens is 391 g/mol. The molecule has 0 amide bonds. The second-order valence-electron chi connectivity index (χ2n) is 10.9. The topological polar surface area (TPSA) is 18.5 Å². The van der Waals surface area contributed by atoms with E-state index in [0.29, 0.717) is 0 Å². The minimum Gasteiger partial charge on any atom is -0.399 e. The zero-order valence-corrected chi connectivity index (χ0v) is 19.7. The van der Waals surface area contributed by atoms with Crippen LogP contribution in [0.2, 0.25) is 0 Å². The van der Waals surface area contributed by atoms with Crippen molar-refractivity contribution in [2.45, 2.75) is 58.2 Å². The Bertz CT molecular complexity index is 1400. The van der Waals surface area contributed by atoms with Gasteiger partial charge in [-0.2, -0.15) is 0 Å². The lowest BCUT2D eigenvalue weighted by Crippen LogP contribution is -2.41. The number of hydrogen-bond acceptors (Lipinski definition) is 2. The Morgan fingerprint density at radius 1 is 0.594 bits per heavy atom. The summed E-state index contributed by atoms with van der Waals surface area (Å²) in [5.41, 5.74) is 5.93. The first-order valence-corrected chi connectivity index (χ1v) is 11.6. The van der Waals surface area contributed by atoms with Crippen LogP contribution in [0.25, 0.3) is 32.7 Å². The van der Waals surface area contributed by atoms with Gasteiger partial charge < -0.3 is 9.31 Å². The van der Waals surface area contributed by atoms with Gasteiger partial charge >= 0.3 is 7.12 Å². The molecule has 2 aliphatic rings. The van der Waals surface area contributed by atoms with E-state index in [9.17, 15) is 0 Å². The molecule has 0 atom stereocenters. The molecule has 0 aromatic heterocycles. The van der Waals surface area contributed by atoms with E-state index >= 15 is 0 Å². The molecule has 4 aromatic carbocycles. The van der Waals surface area contributed by atoms with Crippen LogP contribution < -0.4 is 5.46 Å². The molecule has 1 heterocycles. The molecule has 0 spiro atoms. The van der Waals surface area contributed by atoms with Crippen molar-refractivity contribution < 1.29 is 9.31 Å². The molecule has 1 aliphatic heterocycles. The molecule has 0 radical (unpaired) electrons. The number of hydrogen-bond donors (Lipinski definition) is 0. The van der Waals surface area contributed by atoms with Crippen LogP contribution in [0.1, 0.15) is 52.7 Å². The highest BCUT2D eigenvalue weighted by molar-refractivity contribution is 6.65. The minimum atomic E-state index is -0.366. The van der Waals surface area contributed by atoms with E-state index in [1.165, 1.54) is 43.8 Å². The first-order valence-electron chi connectivity index (χ1n) is 11.6. The summed E-state index contributed by atoms with van der Waals surface area (Å²) in [6, 6.07) is 24.6. The molecular formula is C29H29BO2. The molecule has 2 nitrogen and oxygen atoms in total. The number of rotatable bonds is 1. The quantitative estimate of drug-likeness (QED) is 0.255. The highest BCUT2D eigenvalue weighted by Crippen LogP contribution is 2.50. The van der Waals surface area contributed by atoms with Crippen LogP contribution in [0.3, 0.4) is 0 Å². The van der Waals surface area contributed by atoms with Gasteiger partial charge in [-0.3, -0.25) is 0 Å². The predicted molar refractivity (Wildman–Crippen MR) is 135 cm³/mol. The standard InChI is InChI=1S/C29H29BO2/c1-27(2)24-12-8-7-10-20(24)23-17-22-18(16-25(23)27)14-15-21-19(22)11-9-13-26(21)30-31-28(3,4)29(5,6)32-30/h7-17H,1-6H3. The van der Waals surface area contributed by atoms with Crippen LogP contribution in [-0.4, -0.2) is 18.3 Å². The Morgan fingerprint density at radius 2 is 1.31 bits per heavy atom. The van der Waals surface area contributed by atoms with Crippen LogP contribution >= 0.6 is 0 Å². The van der Waals surface area contributed by atoms with Crippen molar-refractivity contribution in [1.29, 1.82) is 0 Å². The Labute approximate surface area is 190 Å². The Hall–Kier alpha value is -2.62. The lowest BCUT2D eigenvalue weighted by Gasteiger charge is -2.32. The Morgan fingerprint density at radius 3 is 2.06 bits per heavy atom. The van der Waals surface area contributed by atoms with Gasteiger partial charge in [0.2, 0.25) is 0 Å². The van der Waals surface area contributed by atoms with Gasteiger partial charge in [-0.25, -0.2) is 0 Å². The Kier molecular flexibility index (Phi) is 3.91.